The Morgan fingerprint density at radius 3 is 2.11 bits per heavy atom. The Kier molecular flexibility index (Phi) is 5.47. The average Bonchev–Trinajstić information content (AvgIpc) is 2.67. The van der Waals surface area contributed by atoms with E-state index in [0.29, 0.717) is 16.9 Å². The molecule has 0 radical (unpaired) electrons. The minimum Gasteiger partial charge on any atom is -0.295 e. The number of anilines is 1. The number of hydrogen-bond acceptors (Lipinski definition) is 4. The highest BCUT2D eigenvalue weighted by atomic mass is 32.2. The summed E-state index contributed by atoms with van der Waals surface area (Å²) in [5.41, 5.74) is 2.54. The zero-order valence-electron chi connectivity index (χ0n) is 14.7. The van der Waals surface area contributed by atoms with Crippen molar-refractivity contribution in [2.75, 3.05) is 4.72 Å². The molecule has 0 spiro atoms. The summed E-state index contributed by atoms with van der Waals surface area (Å²) in [4.78, 5) is 15.8. The van der Waals surface area contributed by atoms with Gasteiger partial charge in [-0.2, -0.15) is 0 Å². The second-order valence-corrected chi connectivity index (χ2v) is 7.58. The first-order valence-electron chi connectivity index (χ1n) is 8.27. The third kappa shape index (κ3) is 4.89. The van der Waals surface area contributed by atoms with Crippen molar-refractivity contribution in [2.24, 2.45) is 4.99 Å². The lowest BCUT2D eigenvalue weighted by molar-refractivity contribution is 0.101. The molecule has 0 aromatic heterocycles. The Morgan fingerprint density at radius 2 is 1.52 bits per heavy atom. The van der Waals surface area contributed by atoms with Gasteiger partial charge in [-0.25, -0.2) is 8.42 Å². The van der Waals surface area contributed by atoms with Crippen LogP contribution in [0.5, 0.6) is 0 Å². The van der Waals surface area contributed by atoms with Crippen molar-refractivity contribution in [3.63, 3.8) is 0 Å². The van der Waals surface area contributed by atoms with E-state index in [1.54, 1.807) is 42.6 Å². The van der Waals surface area contributed by atoms with Crippen LogP contribution in [0.2, 0.25) is 0 Å². The number of aliphatic imine (C=N–C) groups is 1. The lowest BCUT2D eigenvalue weighted by Gasteiger charge is -2.08. The third-order valence-corrected chi connectivity index (χ3v) is 5.25. The molecule has 27 heavy (non-hydrogen) atoms. The fraction of sp³-hybridized carbons (Fsp3) is 0.0476. The van der Waals surface area contributed by atoms with Crippen LogP contribution in [0.4, 0.5) is 11.4 Å². The molecule has 0 unspecified atom stereocenters. The van der Waals surface area contributed by atoms with E-state index in [4.69, 9.17) is 0 Å². The summed E-state index contributed by atoms with van der Waals surface area (Å²) < 4.78 is 27.5. The second-order valence-electron chi connectivity index (χ2n) is 5.90. The van der Waals surface area contributed by atoms with Gasteiger partial charge >= 0.3 is 0 Å². The van der Waals surface area contributed by atoms with Crippen LogP contribution in [-0.2, 0) is 10.0 Å². The number of hydrogen-bond donors (Lipinski definition) is 1. The third-order valence-electron chi connectivity index (χ3n) is 3.85. The van der Waals surface area contributed by atoms with E-state index < -0.39 is 10.0 Å². The Balaban J connectivity index is 1.73. The predicted octanol–water partition coefficient (Wildman–Crippen LogP) is 4.44. The van der Waals surface area contributed by atoms with Gasteiger partial charge in [0.05, 0.1) is 10.6 Å². The van der Waals surface area contributed by atoms with E-state index in [9.17, 15) is 13.2 Å². The summed E-state index contributed by atoms with van der Waals surface area (Å²) in [6.07, 6.45) is 1.72. The fourth-order valence-corrected chi connectivity index (χ4v) is 3.45. The standard InChI is InChI=1S/C21H18N2O3S/c1-16(24)18-7-9-20(10-8-18)23-27(25,26)21-13-11-19(12-14-21)22-15-17-5-3-2-4-6-17/h2-15,23H,1H3. The number of benzene rings is 3. The number of nitrogens with zero attached hydrogens (tertiary/aromatic N) is 1. The summed E-state index contributed by atoms with van der Waals surface area (Å²) >= 11 is 0. The number of rotatable bonds is 6. The first kappa shape index (κ1) is 18.5. The molecule has 0 heterocycles. The van der Waals surface area contributed by atoms with Crippen LogP contribution in [0.25, 0.3) is 0 Å². The van der Waals surface area contributed by atoms with E-state index in [1.807, 2.05) is 30.3 Å². The highest BCUT2D eigenvalue weighted by Gasteiger charge is 2.14. The molecule has 0 aliphatic carbocycles. The molecule has 3 rings (SSSR count). The van der Waals surface area contributed by atoms with Gasteiger partial charge in [0.25, 0.3) is 10.0 Å². The van der Waals surface area contributed by atoms with Gasteiger partial charge in [-0.1, -0.05) is 30.3 Å². The number of Topliss-reactive ketones (excluding diaryl/α,β-unsaturated/α-hetero) is 1. The number of ketones is 1. The highest BCUT2D eigenvalue weighted by Crippen LogP contribution is 2.20. The van der Waals surface area contributed by atoms with Crippen LogP contribution in [0.3, 0.4) is 0 Å². The summed E-state index contributed by atoms with van der Waals surface area (Å²) in [6, 6.07) is 22.2. The van der Waals surface area contributed by atoms with Crippen LogP contribution in [-0.4, -0.2) is 20.4 Å². The molecule has 0 saturated carbocycles. The van der Waals surface area contributed by atoms with E-state index in [-0.39, 0.29) is 10.7 Å². The van der Waals surface area contributed by atoms with E-state index in [1.165, 1.54) is 19.1 Å². The molecule has 0 atom stereocenters. The Bertz CT molecular complexity index is 1060. The summed E-state index contributed by atoms with van der Waals surface area (Å²) in [6.45, 7) is 1.46. The van der Waals surface area contributed by atoms with Gasteiger partial charge in [-0.05, 0) is 61.0 Å². The van der Waals surface area contributed by atoms with Crippen LogP contribution >= 0.6 is 0 Å². The molecular formula is C21H18N2O3S. The van der Waals surface area contributed by atoms with E-state index >= 15 is 0 Å². The van der Waals surface area contributed by atoms with Gasteiger partial charge in [0.2, 0.25) is 0 Å². The van der Waals surface area contributed by atoms with Crippen LogP contribution < -0.4 is 4.72 Å². The predicted molar refractivity (Wildman–Crippen MR) is 107 cm³/mol. The van der Waals surface area contributed by atoms with E-state index in [0.717, 1.165) is 5.56 Å². The van der Waals surface area contributed by atoms with E-state index in [2.05, 4.69) is 9.71 Å². The lowest BCUT2D eigenvalue weighted by atomic mass is 10.1. The minimum absolute atomic E-state index is 0.0731. The number of carbonyl (C=O) groups excluding carboxylic acids is 1. The maximum absolute atomic E-state index is 12.5. The van der Waals surface area contributed by atoms with Gasteiger partial charge in [0.1, 0.15) is 0 Å². The normalized spacial score (nSPS) is 11.4. The number of sulfonamides is 1. The molecule has 6 heteroatoms. The quantitative estimate of drug-likeness (QED) is 0.509. The maximum Gasteiger partial charge on any atom is 0.261 e. The zero-order valence-corrected chi connectivity index (χ0v) is 15.5. The number of carbonyl (C=O) groups is 1. The Labute approximate surface area is 158 Å². The van der Waals surface area contributed by atoms with Crippen molar-refractivity contribution in [3.8, 4) is 0 Å². The van der Waals surface area contributed by atoms with Gasteiger partial charge in [0.15, 0.2) is 5.78 Å². The molecule has 3 aromatic rings. The first-order valence-corrected chi connectivity index (χ1v) is 9.75. The molecular weight excluding hydrogens is 360 g/mol. The molecule has 0 amide bonds. The summed E-state index contributed by atoms with van der Waals surface area (Å²) in [5, 5.41) is 0. The van der Waals surface area contributed by atoms with Crippen molar-refractivity contribution in [2.45, 2.75) is 11.8 Å². The van der Waals surface area contributed by atoms with Gasteiger partial charge in [0, 0.05) is 17.5 Å². The van der Waals surface area contributed by atoms with Crippen molar-refractivity contribution >= 4 is 33.4 Å². The molecule has 0 aliphatic heterocycles. The molecule has 0 saturated heterocycles. The van der Waals surface area contributed by atoms with Crippen molar-refractivity contribution in [1.29, 1.82) is 0 Å². The minimum atomic E-state index is -3.72. The fourth-order valence-electron chi connectivity index (χ4n) is 2.39. The molecule has 136 valence electrons. The summed E-state index contributed by atoms with van der Waals surface area (Å²) in [7, 11) is -3.72. The molecule has 3 aromatic carbocycles. The SMILES string of the molecule is CC(=O)c1ccc(NS(=O)(=O)c2ccc(N=Cc3ccccc3)cc2)cc1. The van der Waals surface area contributed by atoms with Crippen molar-refractivity contribution in [1.82, 2.24) is 0 Å². The monoisotopic (exact) mass is 378 g/mol. The first-order chi connectivity index (χ1) is 12.9. The average molecular weight is 378 g/mol. The smallest absolute Gasteiger partial charge is 0.261 e. The highest BCUT2D eigenvalue weighted by molar-refractivity contribution is 7.92. The lowest BCUT2D eigenvalue weighted by Crippen LogP contribution is -2.12. The van der Waals surface area contributed by atoms with Crippen LogP contribution in [0.1, 0.15) is 22.8 Å². The Hall–Kier alpha value is -3.25. The van der Waals surface area contributed by atoms with Gasteiger partial charge in [-0.15, -0.1) is 0 Å². The second kappa shape index (κ2) is 7.97. The molecule has 0 fully saturated rings. The van der Waals surface area contributed by atoms with Gasteiger partial charge < -0.3 is 0 Å². The molecule has 0 bridgehead atoms. The van der Waals surface area contributed by atoms with Crippen molar-refractivity contribution < 1.29 is 13.2 Å². The van der Waals surface area contributed by atoms with Gasteiger partial charge in [-0.3, -0.25) is 14.5 Å². The zero-order chi connectivity index (χ0) is 19.3. The van der Waals surface area contributed by atoms with Crippen molar-refractivity contribution in [3.05, 3.63) is 90.0 Å². The summed E-state index contributed by atoms with van der Waals surface area (Å²) in [5.74, 6) is -0.0731. The topological polar surface area (TPSA) is 75.6 Å². The molecule has 5 nitrogen and oxygen atoms in total. The Morgan fingerprint density at radius 1 is 0.889 bits per heavy atom. The van der Waals surface area contributed by atoms with Crippen LogP contribution in [0.15, 0.2) is 88.8 Å². The molecule has 0 aliphatic rings. The number of nitrogens with one attached hydrogen (secondary N) is 1. The molecule has 1 N–H and O–H groups in total. The maximum atomic E-state index is 12.5. The largest absolute Gasteiger partial charge is 0.295 e. The van der Waals surface area contributed by atoms with Crippen LogP contribution in [0, 0.1) is 0 Å².